The predicted octanol–water partition coefficient (Wildman–Crippen LogP) is 3.65. The molecule has 0 aromatic heterocycles. The fourth-order valence-corrected chi connectivity index (χ4v) is 3.75. The first-order chi connectivity index (χ1) is 13.5. The summed E-state index contributed by atoms with van der Waals surface area (Å²) in [5, 5.41) is 11.8. The molecule has 0 saturated heterocycles. The Morgan fingerprint density at radius 1 is 1.07 bits per heavy atom. The van der Waals surface area contributed by atoms with Crippen molar-refractivity contribution in [1.82, 2.24) is 5.32 Å². The van der Waals surface area contributed by atoms with Crippen molar-refractivity contribution in [2.24, 2.45) is 5.92 Å². The van der Waals surface area contributed by atoms with Gasteiger partial charge in [0.25, 0.3) is 0 Å². The Morgan fingerprint density at radius 3 is 2.18 bits per heavy atom. The quantitative estimate of drug-likeness (QED) is 0.727. The van der Waals surface area contributed by atoms with Crippen LogP contribution < -0.4 is 5.32 Å². The molecule has 0 fully saturated rings. The third kappa shape index (κ3) is 4.34. The second-order valence-electron chi connectivity index (χ2n) is 7.11. The van der Waals surface area contributed by atoms with E-state index in [0.717, 1.165) is 22.3 Å². The molecule has 0 bridgehead atoms. The van der Waals surface area contributed by atoms with Gasteiger partial charge in [-0.25, -0.2) is 4.79 Å². The first kappa shape index (κ1) is 19.9. The number of nitrogens with one attached hydrogen (secondary N) is 1. The van der Waals surface area contributed by atoms with Gasteiger partial charge in [0.05, 0.1) is 13.0 Å². The summed E-state index contributed by atoms with van der Waals surface area (Å²) in [5.74, 6) is -1.17. The number of ether oxygens (including phenoxy) is 2. The molecule has 2 N–H and O–H groups in total. The number of hydrogen-bond acceptors (Lipinski definition) is 4. The van der Waals surface area contributed by atoms with E-state index in [2.05, 4.69) is 29.6 Å². The summed E-state index contributed by atoms with van der Waals surface area (Å²) in [6, 6.07) is 15.6. The number of amides is 1. The summed E-state index contributed by atoms with van der Waals surface area (Å²) in [5.41, 5.74) is 4.58. The summed E-state index contributed by atoms with van der Waals surface area (Å²) in [6.07, 6.45) is -0.801. The minimum atomic E-state index is -0.980. The van der Waals surface area contributed by atoms with Gasteiger partial charge in [0.15, 0.2) is 0 Å². The SMILES string of the molecule is COCC(C)[C@@H](CC(=O)O)NC(=O)OCC1c2ccccc2-c2ccccc21. The summed E-state index contributed by atoms with van der Waals surface area (Å²) >= 11 is 0. The smallest absolute Gasteiger partial charge is 0.407 e. The van der Waals surface area contributed by atoms with Crippen molar-refractivity contribution in [2.75, 3.05) is 20.3 Å². The van der Waals surface area contributed by atoms with Crippen LogP contribution >= 0.6 is 0 Å². The summed E-state index contributed by atoms with van der Waals surface area (Å²) in [4.78, 5) is 23.5. The Hall–Kier alpha value is -2.86. The van der Waals surface area contributed by atoms with Gasteiger partial charge in [0.2, 0.25) is 0 Å². The molecule has 0 spiro atoms. The second kappa shape index (κ2) is 8.89. The normalized spacial score (nSPS) is 14.6. The molecule has 6 heteroatoms. The fourth-order valence-electron chi connectivity index (χ4n) is 3.75. The molecular weight excluding hydrogens is 358 g/mol. The minimum Gasteiger partial charge on any atom is -0.481 e. The van der Waals surface area contributed by atoms with Crippen molar-refractivity contribution in [1.29, 1.82) is 0 Å². The number of methoxy groups -OCH3 is 1. The molecule has 3 rings (SSSR count). The average Bonchev–Trinajstić information content (AvgIpc) is 3.00. The number of carbonyl (C=O) groups is 2. The van der Waals surface area contributed by atoms with Crippen LogP contribution in [0.5, 0.6) is 0 Å². The lowest BCUT2D eigenvalue weighted by Crippen LogP contribution is -2.42. The molecule has 2 aromatic rings. The minimum absolute atomic E-state index is 0.0347. The van der Waals surface area contributed by atoms with Crippen LogP contribution in [0.3, 0.4) is 0 Å². The highest BCUT2D eigenvalue weighted by molar-refractivity contribution is 5.79. The van der Waals surface area contributed by atoms with Crippen molar-refractivity contribution in [3.05, 3.63) is 59.7 Å². The summed E-state index contributed by atoms with van der Waals surface area (Å²) < 4.78 is 10.6. The molecule has 0 radical (unpaired) electrons. The van der Waals surface area contributed by atoms with Crippen LogP contribution in [-0.4, -0.2) is 43.5 Å². The number of carboxylic acids is 1. The molecule has 148 valence electrons. The Labute approximate surface area is 164 Å². The van der Waals surface area contributed by atoms with E-state index < -0.39 is 18.1 Å². The molecule has 1 unspecified atom stereocenters. The number of carbonyl (C=O) groups excluding carboxylic acids is 1. The maximum atomic E-state index is 12.4. The van der Waals surface area contributed by atoms with Crippen molar-refractivity contribution >= 4 is 12.1 Å². The van der Waals surface area contributed by atoms with Crippen molar-refractivity contribution in [2.45, 2.75) is 25.3 Å². The van der Waals surface area contributed by atoms with Gasteiger partial charge in [-0.2, -0.15) is 0 Å². The molecule has 2 aromatic carbocycles. The number of hydrogen-bond donors (Lipinski definition) is 2. The summed E-state index contributed by atoms with van der Waals surface area (Å²) in [7, 11) is 1.54. The van der Waals surface area contributed by atoms with Crippen LogP contribution in [0, 0.1) is 5.92 Å². The van der Waals surface area contributed by atoms with Crippen LogP contribution in [0.4, 0.5) is 4.79 Å². The van der Waals surface area contributed by atoms with E-state index in [0.29, 0.717) is 6.61 Å². The largest absolute Gasteiger partial charge is 0.481 e. The molecule has 0 heterocycles. The molecule has 0 saturated carbocycles. The van der Waals surface area contributed by atoms with E-state index in [1.165, 1.54) is 0 Å². The highest BCUT2D eigenvalue weighted by atomic mass is 16.5. The highest BCUT2D eigenvalue weighted by Gasteiger charge is 2.30. The third-order valence-corrected chi connectivity index (χ3v) is 5.16. The molecule has 28 heavy (non-hydrogen) atoms. The van der Waals surface area contributed by atoms with Crippen LogP contribution in [0.2, 0.25) is 0 Å². The molecule has 1 amide bonds. The van der Waals surface area contributed by atoms with E-state index >= 15 is 0 Å². The third-order valence-electron chi connectivity index (χ3n) is 5.16. The topological polar surface area (TPSA) is 84.9 Å². The van der Waals surface area contributed by atoms with E-state index in [1.54, 1.807) is 7.11 Å². The number of benzene rings is 2. The number of fused-ring (bicyclic) bond motifs is 3. The van der Waals surface area contributed by atoms with E-state index in [-0.39, 0.29) is 24.9 Å². The maximum absolute atomic E-state index is 12.4. The Bertz CT molecular complexity index is 805. The average molecular weight is 383 g/mol. The fraction of sp³-hybridized carbons (Fsp3) is 0.364. The predicted molar refractivity (Wildman–Crippen MR) is 105 cm³/mol. The van der Waals surface area contributed by atoms with Gasteiger partial charge >= 0.3 is 12.1 Å². The van der Waals surface area contributed by atoms with Gasteiger partial charge in [-0.15, -0.1) is 0 Å². The van der Waals surface area contributed by atoms with Crippen LogP contribution in [0.1, 0.15) is 30.4 Å². The first-order valence-corrected chi connectivity index (χ1v) is 9.33. The maximum Gasteiger partial charge on any atom is 0.407 e. The monoisotopic (exact) mass is 383 g/mol. The number of alkyl carbamates (subject to hydrolysis) is 1. The molecule has 1 aliphatic carbocycles. The van der Waals surface area contributed by atoms with Crippen molar-refractivity contribution in [3.63, 3.8) is 0 Å². The number of carboxylic acid groups (broad SMARTS) is 1. The lowest BCUT2D eigenvalue weighted by atomic mass is 9.98. The highest BCUT2D eigenvalue weighted by Crippen LogP contribution is 2.44. The molecule has 2 atom stereocenters. The van der Waals surface area contributed by atoms with E-state index in [9.17, 15) is 9.59 Å². The Morgan fingerprint density at radius 2 is 1.64 bits per heavy atom. The van der Waals surface area contributed by atoms with Crippen LogP contribution in [-0.2, 0) is 14.3 Å². The zero-order valence-electron chi connectivity index (χ0n) is 16.1. The van der Waals surface area contributed by atoms with Gasteiger partial charge < -0.3 is 19.9 Å². The Balaban J connectivity index is 1.68. The van der Waals surface area contributed by atoms with Crippen LogP contribution in [0.15, 0.2) is 48.5 Å². The number of aliphatic carboxylic acids is 1. The molecule has 6 nitrogen and oxygen atoms in total. The zero-order valence-corrected chi connectivity index (χ0v) is 16.1. The van der Waals surface area contributed by atoms with E-state index in [4.69, 9.17) is 14.6 Å². The number of rotatable bonds is 8. The Kier molecular flexibility index (Phi) is 6.31. The van der Waals surface area contributed by atoms with Gasteiger partial charge in [0, 0.05) is 25.0 Å². The second-order valence-corrected chi connectivity index (χ2v) is 7.11. The molecule has 1 aliphatic rings. The van der Waals surface area contributed by atoms with Gasteiger partial charge in [-0.3, -0.25) is 4.79 Å². The zero-order chi connectivity index (χ0) is 20.1. The van der Waals surface area contributed by atoms with E-state index in [1.807, 2.05) is 31.2 Å². The standard InChI is InChI=1S/C22H25NO5/c1-14(12-27-2)20(11-21(24)25)23-22(26)28-13-19-17-9-5-3-7-15(17)16-8-4-6-10-18(16)19/h3-10,14,19-20H,11-13H2,1-2H3,(H,23,26)(H,24,25)/t14?,20-/m1/s1. The van der Waals surface area contributed by atoms with Gasteiger partial charge in [-0.05, 0) is 22.3 Å². The van der Waals surface area contributed by atoms with Crippen molar-refractivity contribution in [3.8, 4) is 11.1 Å². The lowest BCUT2D eigenvalue weighted by molar-refractivity contribution is -0.137. The molecular formula is C22H25NO5. The lowest BCUT2D eigenvalue weighted by Gasteiger charge is -2.23. The van der Waals surface area contributed by atoms with Gasteiger partial charge in [0.1, 0.15) is 6.61 Å². The van der Waals surface area contributed by atoms with Gasteiger partial charge in [-0.1, -0.05) is 55.5 Å². The first-order valence-electron chi connectivity index (χ1n) is 9.33. The summed E-state index contributed by atoms with van der Waals surface area (Å²) in [6.45, 7) is 2.38. The molecule has 0 aliphatic heterocycles. The van der Waals surface area contributed by atoms with Crippen molar-refractivity contribution < 1.29 is 24.2 Å². The van der Waals surface area contributed by atoms with Crippen LogP contribution in [0.25, 0.3) is 11.1 Å².